The summed E-state index contributed by atoms with van der Waals surface area (Å²) in [4.78, 5) is 14.5. The lowest BCUT2D eigenvalue weighted by Gasteiger charge is -2.31. The first kappa shape index (κ1) is 14.1. The van der Waals surface area contributed by atoms with E-state index in [1.54, 1.807) is 6.20 Å². The van der Waals surface area contributed by atoms with Crippen LogP contribution in [0.2, 0.25) is 0 Å². The summed E-state index contributed by atoms with van der Waals surface area (Å²) in [5.41, 5.74) is 0.768. The molecular weight excluding hydrogens is 290 g/mol. The van der Waals surface area contributed by atoms with Gasteiger partial charge < -0.3 is 9.32 Å². The zero-order chi connectivity index (χ0) is 15.6. The van der Waals surface area contributed by atoms with Crippen molar-refractivity contribution >= 4 is 16.9 Å². The molecule has 1 aliphatic heterocycles. The molecule has 5 nitrogen and oxygen atoms in total. The van der Waals surface area contributed by atoms with Crippen molar-refractivity contribution in [3.63, 3.8) is 0 Å². The van der Waals surface area contributed by atoms with Gasteiger partial charge in [-0.1, -0.05) is 18.2 Å². The number of nitrogens with zero attached hydrogens (tertiary/aromatic N) is 3. The fraction of sp³-hybridized carbons (Fsp3) is 0.333. The van der Waals surface area contributed by atoms with Crippen LogP contribution < -0.4 is 0 Å². The molecule has 2 aromatic heterocycles. The number of likely N-dealkylation sites (tertiary alicyclic amines) is 1. The molecule has 1 aromatic carbocycles. The number of hydrogen-bond donors (Lipinski definition) is 0. The number of rotatable bonds is 3. The van der Waals surface area contributed by atoms with Crippen LogP contribution in [-0.4, -0.2) is 33.7 Å². The first-order chi connectivity index (χ1) is 11.3. The molecule has 0 bridgehead atoms. The van der Waals surface area contributed by atoms with E-state index in [1.165, 1.54) is 0 Å². The molecule has 0 radical (unpaired) electrons. The Hall–Kier alpha value is -2.56. The fourth-order valence-corrected chi connectivity index (χ4v) is 3.23. The number of aromatic nitrogens is 2. The maximum absolute atomic E-state index is 12.6. The number of para-hydroxylation sites is 1. The number of hydrogen-bond acceptors (Lipinski definition) is 3. The minimum absolute atomic E-state index is 0.00117. The first-order valence-corrected chi connectivity index (χ1v) is 8.05. The van der Waals surface area contributed by atoms with Crippen molar-refractivity contribution in [3.8, 4) is 0 Å². The lowest BCUT2D eigenvalue weighted by molar-refractivity contribution is 0.0651. The number of furan rings is 1. The number of carbonyl (C=O) groups is 1. The Morgan fingerprint density at radius 2 is 2.04 bits per heavy atom. The van der Waals surface area contributed by atoms with Crippen LogP contribution in [0.1, 0.15) is 23.4 Å². The first-order valence-electron chi connectivity index (χ1n) is 8.05. The molecule has 3 aromatic rings. The minimum atomic E-state index is -0.00117. The predicted molar refractivity (Wildman–Crippen MR) is 87.1 cm³/mol. The maximum atomic E-state index is 12.6. The molecule has 0 aliphatic carbocycles. The van der Waals surface area contributed by atoms with E-state index in [2.05, 4.69) is 5.10 Å². The highest BCUT2D eigenvalue weighted by Crippen LogP contribution is 2.23. The Bertz CT molecular complexity index is 766. The zero-order valence-corrected chi connectivity index (χ0v) is 12.9. The summed E-state index contributed by atoms with van der Waals surface area (Å²) in [5, 5.41) is 5.23. The van der Waals surface area contributed by atoms with Gasteiger partial charge in [-0.05, 0) is 37.0 Å². The third-order valence-electron chi connectivity index (χ3n) is 4.54. The van der Waals surface area contributed by atoms with Gasteiger partial charge in [0.15, 0.2) is 5.76 Å². The molecule has 3 heterocycles. The van der Waals surface area contributed by atoms with Gasteiger partial charge in [0, 0.05) is 37.4 Å². The van der Waals surface area contributed by atoms with Crippen LogP contribution in [0.3, 0.4) is 0 Å². The van der Waals surface area contributed by atoms with Crippen LogP contribution in [0.5, 0.6) is 0 Å². The van der Waals surface area contributed by atoms with Gasteiger partial charge in [-0.25, -0.2) is 0 Å². The second-order valence-corrected chi connectivity index (χ2v) is 6.11. The van der Waals surface area contributed by atoms with Gasteiger partial charge in [0.05, 0.1) is 0 Å². The molecule has 1 saturated heterocycles. The number of amides is 1. The van der Waals surface area contributed by atoms with Crippen molar-refractivity contribution < 1.29 is 9.21 Å². The van der Waals surface area contributed by atoms with Crippen LogP contribution in [0.15, 0.2) is 53.2 Å². The van der Waals surface area contributed by atoms with Gasteiger partial charge in [-0.3, -0.25) is 9.48 Å². The van der Waals surface area contributed by atoms with Crippen molar-refractivity contribution in [1.82, 2.24) is 14.7 Å². The standard InChI is InChI=1S/C18H19N3O2/c22-18(17-12-15-4-1-2-5-16(15)23-17)20-10-6-14(7-11-20)13-21-9-3-8-19-21/h1-5,8-9,12,14H,6-7,10-11,13H2. The quantitative estimate of drug-likeness (QED) is 0.746. The molecule has 23 heavy (non-hydrogen) atoms. The molecule has 1 amide bonds. The van der Waals surface area contributed by atoms with Gasteiger partial charge in [0.1, 0.15) is 5.58 Å². The molecule has 0 N–H and O–H groups in total. The second-order valence-electron chi connectivity index (χ2n) is 6.11. The van der Waals surface area contributed by atoms with E-state index < -0.39 is 0 Å². The van der Waals surface area contributed by atoms with Gasteiger partial charge in [-0.2, -0.15) is 5.10 Å². The molecule has 4 rings (SSSR count). The van der Waals surface area contributed by atoms with Crippen molar-refractivity contribution in [2.24, 2.45) is 5.92 Å². The molecule has 0 saturated carbocycles. The Labute approximate surface area is 134 Å². The Morgan fingerprint density at radius 1 is 1.22 bits per heavy atom. The average molecular weight is 309 g/mol. The molecule has 1 aliphatic rings. The van der Waals surface area contributed by atoms with E-state index in [0.29, 0.717) is 11.7 Å². The summed E-state index contributed by atoms with van der Waals surface area (Å²) < 4.78 is 7.66. The second kappa shape index (κ2) is 5.91. The van der Waals surface area contributed by atoms with Crippen LogP contribution in [-0.2, 0) is 6.54 Å². The number of benzene rings is 1. The summed E-state index contributed by atoms with van der Waals surface area (Å²) >= 11 is 0. The van der Waals surface area contributed by atoms with Crippen LogP contribution in [0.4, 0.5) is 0 Å². The smallest absolute Gasteiger partial charge is 0.289 e. The number of carbonyl (C=O) groups excluding carboxylic acids is 1. The minimum Gasteiger partial charge on any atom is -0.451 e. The van der Waals surface area contributed by atoms with E-state index in [9.17, 15) is 4.79 Å². The fourth-order valence-electron chi connectivity index (χ4n) is 3.23. The van der Waals surface area contributed by atoms with Crippen molar-refractivity contribution in [2.45, 2.75) is 19.4 Å². The molecule has 0 unspecified atom stereocenters. The number of piperidine rings is 1. The summed E-state index contributed by atoms with van der Waals surface area (Å²) in [5.74, 6) is 1.02. The predicted octanol–water partition coefficient (Wildman–Crippen LogP) is 3.18. The largest absolute Gasteiger partial charge is 0.451 e. The molecule has 0 atom stereocenters. The summed E-state index contributed by atoms with van der Waals surface area (Å²) in [6.07, 6.45) is 5.81. The normalized spacial score (nSPS) is 16.1. The Morgan fingerprint density at radius 3 is 2.78 bits per heavy atom. The van der Waals surface area contributed by atoms with E-state index >= 15 is 0 Å². The zero-order valence-electron chi connectivity index (χ0n) is 12.9. The van der Waals surface area contributed by atoms with E-state index in [4.69, 9.17) is 4.42 Å². The highest BCUT2D eigenvalue weighted by atomic mass is 16.3. The Kier molecular flexibility index (Phi) is 3.61. The highest BCUT2D eigenvalue weighted by Gasteiger charge is 2.25. The van der Waals surface area contributed by atoms with Gasteiger partial charge in [0.25, 0.3) is 5.91 Å². The van der Waals surface area contributed by atoms with Crippen molar-refractivity contribution in [1.29, 1.82) is 0 Å². The SMILES string of the molecule is O=C(c1cc2ccccc2o1)N1CCC(Cn2cccn2)CC1. The van der Waals surface area contributed by atoms with E-state index in [1.807, 2.05) is 52.2 Å². The lowest BCUT2D eigenvalue weighted by atomic mass is 9.96. The molecule has 118 valence electrons. The van der Waals surface area contributed by atoms with E-state index in [-0.39, 0.29) is 5.91 Å². The third kappa shape index (κ3) is 2.86. The van der Waals surface area contributed by atoms with Crippen LogP contribution >= 0.6 is 0 Å². The lowest BCUT2D eigenvalue weighted by Crippen LogP contribution is -2.39. The van der Waals surface area contributed by atoms with Gasteiger partial charge in [0.2, 0.25) is 0 Å². The third-order valence-corrected chi connectivity index (χ3v) is 4.54. The highest BCUT2D eigenvalue weighted by molar-refractivity contribution is 5.96. The average Bonchev–Trinajstić information content (AvgIpc) is 3.24. The summed E-state index contributed by atoms with van der Waals surface area (Å²) in [6.45, 7) is 2.49. The number of fused-ring (bicyclic) bond motifs is 1. The van der Waals surface area contributed by atoms with Crippen molar-refractivity contribution in [2.75, 3.05) is 13.1 Å². The molecule has 0 spiro atoms. The van der Waals surface area contributed by atoms with Gasteiger partial charge in [-0.15, -0.1) is 0 Å². The topological polar surface area (TPSA) is 51.3 Å². The summed E-state index contributed by atoms with van der Waals surface area (Å²) in [6, 6.07) is 11.5. The van der Waals surface area contributed by atoms with Gasteiger partial charge >= 0.3 is 0 Å². The monoisotopic (exact) mass is 309 g/mol. The Balaban J connectivity index is 1.40. The molecular formula is C18H19N3O2. The summed E-state index contributed by atoms with van der Waals surface area (Å²) in [7, 11) is 0. The molecule has 5 heteroatoms. The van der Waals surface area contributed by atoms with Crippen molar-refractivity contribution in [3.05, 3.63) is 54.6 Å². The molecule has 1 fully saturated rings. The maximum Gasteiger partial charge on any atom is 0.289 e. The van der Waals surface area contributed by atoms with Crippen LogP contribution in [0, 0.1) is 5.92 Å². The van der Waals surface area contributed by atoms with E-state index in [0.717, 1.165) is 43.4 Å². The van der Waals surface area contributed by atoms with Crippen LogP contribution in [0.25, 0.3) is 11.0 Å².